The molecule has 2 aromatic heterocycles. The van der Waals surface area contributed by atoms with Gasteiger partial charge in [-0.05, 0) is 36.1 Å². The number of para-hydroxylation sites is 2. The molecule has 136 valence electrons. The summed E-state index contributed by atoms with van der Waals surface area (Å²) < 4.78 is 0. The van der Waals surface area contributed by atoms with E-state index in [1.807, 2.05) is 18.2 Å². The smallest absolute Gasteiger partial charge is 0.135 e. The standard InChI is InChI=1S/C22H23N5/c1-2-16-7-3-5-9-19(16)27-22-13-21(25-15-26-22)23-12-11-17-14-24-20-10-6-4-8-18(17)20/h3-10,13-15,24H,2,11-12H2,1H3,(H2,23,25,26,27). The van der Waals surface area contributed by atoms with Gasteiger partial charge in [0.15, 0.2) is 0 Å². The van der Waals surface area contributed by atoms with Gasteiger partial charge in [-0.1, -0.05) is 43.3 Å². The maximum Gasteiger partial charge on any atom is 0.135 e. The van der Waals surface area contributed by atoms with Crippen molar-refractivity contribution >= 4 is 28.2 Å². The van der Waals surface area contributed by atoms with Gasteiger partial charge in [-0.15, -0.1) is 0 Å². The fourth-order valence-corrected chi connectivity index (χ4v) is 3.27. The van der Waals surface area contributed by atoms with Crippen LogP contribution < -0.4 is 10.6 Å². The van der Waals surface area contributed by atoms with E-state index in [0.29, 0.717) is 0 Å². The van der Waals surface area contributed by atoms with Crippen LogP contribution in [-0.4, -0.2) is 21.5 Å². The second kappa shape index (κ2) is 7.91. The molecule has 5 nitrogen and oxygen atoms in total. The molecule has 4 rings (SSSR count). The Morgan fingerprint density at radius 2 is 1.74 bits per heavy atom. The topological polar surface area (TPSA) is 65.6 Å². The summed E-state index contributed by atoms with van der Waals surface area (Å²) in [6, 6.07) is 18.6. The van der Waals surface area contributed by atoms with Crippen molar-refractivity contribution in [1.29, 1.82) is 0 Å². The molecule has 0 amide bonds. The van der Waals surface area contributed by atoms with Gasteiger partial charge in [0.05, 0.1) is 0 Å². The highest BCUT2D eigenvalue weighted by Gasteiger charge is 2.05. The van der Waals surface area contributed by atoms with Gasteiger partial charge in [0, 0.05) is 35.4 Å². The molecule has 4 aromatic rings. The van der Waals surface area contributed by atoms with Crippen molar-refractivity contribution in [3.05, 3.63) is 78.2 Å². The van der Waals surface area contributed by atoms with Crippen molar-refractivity contribution in [2.75, 3.05) is 17.2 Å². The van der Waals surface area contributed by atoms with Gasteiger partial charge in [-0.25, -0.2) is 9.97 Å². The summed E-state index contributed by atoms with van der Waals surface area (Å²) in [5.41, 5.74) is 4.84. The van der Waals surface area contributed by atoms with Crippen LogP contribution in [0.5, 0.6) is 0 Å². The molecule has 0 aliphatic heterocycles. The van der Waals surface area contributed by atoms with E-state index in [-0.39, 0.29) is 0 Å². The molecule has 2 heterocycles. The van der Waals surface area contributed by atoms with E-state index in [0.717, 1.165) is 36.7 Å². The molecule has 27 heavy (non-hydrogen) atoms. The summed E-state index contributed by atoms with van der Waals surface area (Å²) in [7, 11) is 0. The summed E-state index contributed by atoms with van der Waals surface area (Å²) in [5, 5.41) is 8.07. The monoisotopic (exact) mass is 357 g/mol. The lowest BCUT2D eigenvalue weighted by molar-refractivity contribution is 1.01. The van der Waals surface area contributed by atoms with E-state index < -0.39 is 0 Å². The molecule has 0 spiro atoms. The summed E-state index contributed by atoms with van der Waals surface area (Å²) >= 11 is 0. The zero-order valence-electron chi connectivity index (χ0n) is 15.4. The molecule has 0 saturated heterocycles. The maximum atomic E-state index is 4.34. The highest BCUT2D eigenvalue weighted by Crippen LogP contribution is 2.21. The van der Waals surface area contributed by atoms with Crippen LogP contribution in [0.1, 0.15) is 18.1 Å². The molecule has 0 radical (unpaired) electrons. The minimum Gasteiger partial charge on any atom is -0.370 e. The summed E-state index contributed by atoms with van der Waals surface area (Å²) in [6.07, 6.45) is 5.57. The third-order valence-corrected chi connectivity index (χ3v) is 4.70. The second-order valence-electron chi connectivity index (χ2n) is 6.46. The van der Waals surface area contributed by atoms with Crippen LogP contribution in [0.15, 0.2) is 67.1 Å². The third kappa shape index (κ3) is 3.92. The minimum absolute atomic E-state index is 0.792. The van der Waals surface area contributed by atoms with E-state index in [1.165, 1.54) is 22.0 Å². The number of fused-ring (bicyclic) bond motifs is 1. The van der Waals surface area contributed by atoms with Crippen molar-refractivity contribution in [2.45, 2.75) is 19.8 Å². The Balaban J connectivity index is 1.41. The Kier molecular flexibility index (Phi) is 5.01. The number of H-pyrrole nitrogens is 1. The average Bonchev–Trinajstić information content (AvgIpc) is 3.12. The molecular formula is C22H23N5. The highest BCUT2D eigenvalue weighted by atomic mass is 15.1. The van der Waals surface area contributed by atoms with Crippen LogP contribution >= 0.6 is 0 Å². The Hall–Kier alpha value is -3.34. The van der Waals surface area contributed by atoms with E-state index in [2.05, 4.69) is 75.1 Å². The first-order valence-corrected chi connectivity index (χ1v) is 9.29. The van der Waals surface area contributed by atoms with Crippen molar-refractivity contribution < 1.29 is 0 Å². The van der Waals surface area contributed by atoms with Gasteiger partial charge in [0.1, 0.15) is 18.0 Å². The van der Waals surface area contributed by atoms with E-state index in [9.17, 15) is 0 Å². The van der Waals surface area contributed by atoms with Gasteiger partial charge in [0.2, 0.25) is 0 Å². The molecule has 3 N–H and O–H groups in total. The van der Waals surface area contributed by atoms with E-state index >= 15 is 0 Å². The van der Waals surface area contributed by atoms with Crippen molar-refractivity contribution in [1.82, 2.24) is 15.0 Å². The van der Waals surface area contributed by atoms with Gasteiger partial charge in [0.25, 0.3) is 0 Å². The van der Waals surface area contributed by atoms with Crippen LogP contribution in [0.4, 0.5) is 17.3 Å². The summed E-state index contributed by atoms with van der Waals surface area (Å²) in [4.78, 5) is 12.0. The number of aromatic nitrogens is 3. The molecule has 0 unspecified atom stereocenters. The SMILES string of the molecule is CCc1ccccc1Nc1cc(NCCc2c[nH]c3ccccc23)ncn1. The summed E-state index contributed by atoms with van der Waals surface area (Å²) in [5.74, 6) is 1.61. The van der Waals surface area contributed by atoms with Crippen molar-refractivity contribution in [3.63, 3.8) is 0 Å². The normalized spacial score (nSPS) is 10.9. The molecular weight excluding hydrogens is 334 g/mol. The zero-order valence-corrected chi connectivity index (χ0v) is 15.4. The van der Waals surface area contributed by atoms with E-state index in [4.69, 9.17) is 0 Å². The first-order chi connectivity index (χ1) is 13.3. The Labute approximate surface area is 158 Å². The van der Waals surface area contributed by atoms with Gasteiger partial charge in [-0.2, -0.15) is 0 Å². The summed E-state index contributed by atoms with van der Waals surface area (Å²) in [6.45, 7) is 2.96. The van der Waals surface area contributed by atoms with Crippen LogP contribution in [0.2, 0.25) is 0 Å². The lowest BCUT2D eigenvalue weighted by Crippen LogP contribution is -2.07. The van der Waals surface area contributed by atoms with Crippen molar-refractivity contribution in [2.24, 2.45) is 0 Å². The number of nitrogens with one attached hydrogen (secondary N) is 3. The number of hydrogen-bond acceptors (Lipinski definition) is 4. The average molecular weight is 357 g/mol. The van der Waals surface area contributed by atoms with Crippen molar-refractivity contribution in [3.8, 4) is 0 Å². The highest BCUT2D eigenvalue weighted by molar-refractivity contribution is 5.83. The van der Waals surface area contributed by atoms with Gasteiger partial charge in [-0.3, -0.25) is 0 Å². The predicted octanol–water partition coefficient (Wildman–Crippen LogP) is 4.92. The van der Waals surface area contributed by atoms with Gasteiger partial charge < -0.3 is 15.6 Å². The third-order valence-electron chi connectivity index (χ3n) is 4.70. The first kappa shape index (κ1) is 17.1. The second-order valence-corrected chi connectivity index (χ2v) is 6.46. The number of nitrogens with zero attached hydrogens (tertiary/aromatic N) is 2. The number of anilines is 3. The molecule has 0 fully saturated rings. The Morgan fingerprint density at radius 1 is 0.926 bits per heavy atom. The number of rotatable bonds is 7. The fourth-order valence-electron chi connectivity index (χ4n) is 3.27. The quantitative estimate of drug-likeness (QED) is 0.439. The van der Waals surface area contributed by atoms with Crippen LogP contribution in [0, 0.1) is 0 Å². The largest absolute Gasteiger partial charge is 0.370 e. The number of aryl methyl sites for hydroxylation is 1. The molecule has 5 heteroatoms. The predicted molar refractivity (Wildman–Crippen MR) is 112 cm³/mol. The number of hydrogen-bond donors (Lipinski definition) is 3. The molecule has 2 aromatic carbocycles. The Morgan fingerprint density at radius 3 is 2.67 bits per heavy atom. The van der Waals surface area contributed by atoms with Crippen LogP contribution in [-0.2, 0) is 12.8 Å². The fraction of sp³-hybridized carbons (Fsp3) is 0.182. The van der Waals surface area contributed by atoms with Crippen LogP contribution in [0.25, 0.3) is 10.9 Å². The molecule has 0 saturated carbocycles. The molecule has 0 bridgehead atoms. The lowest BCUT2D eigenvalue weighted by Gasteiger charge is -2.11. The first-order valence-electron chi connectivity index (χ1n) is 9.29. The Bertz CT molecular complexity index is 1040. The van der Waals surface area contributed by atoms with E-state index in [1.54, 1.807) is 6.33 Å². The molecule has 0 aliphatic carbocycles. The minimum atomic E-state index is 0.792. The maximum absolute atomic E-state index is 4.34. The molecule has 0 aliphatic rings. The number of aromatic amines is 1. The lowest BCUT2D eigenvalue weighted by atomic mass is 10.1. The van der Waals surface area contributed by atoms with Gasteiger partial charge >= 0.3 is 0 Å². The molecule has 0 atom stereocenters. The van der Waals surface area contributed by atoms with Crippen LogP contribution in [0.3, 0.4) is 0 Å². The zero-order chi connectivity index (χ0) is 18.5. The number of benzene rings is 2.